The van der Waals surface area contributed by atoms with E-state index in [2.05, 4.69) is 10.3 Å². The van der Waals surface area contributed by atoms with Crippen molar-refractivity contribution in [2.24, 2.45) is 0 Å². The van der Waals surface area contributed by atoms with E-state index in [0.717, 1.165) is 17.1 Å². The third kappa shape index (κ3) is 2.77. The second kappa shape index (κ2) is 5.69. The van der Waals surface area contributed by atoms with E-state index in [1.54, 1.807) is 12.3 Å². The minimum absolute atomic E-state index is 0.402. The van der Waals surface area contributed by atoms with Gasteiger partial charge in [-0.3, -0.25) is 0 Å². The van der Waals surface area contributed by atoms with Crippen LogP contribution in [0.5, 0.6) is 5.75 Å². The van der Waals surface area contributed by atoms with Gasteiger partial charge in [0.15, 0.2) is 0 Å². The zero-order valence-corrected chi connectivity index (χ0v) is 10.1. The molecule has 1 aromatic carbocycles. The Morgan fingerprint density at radius 2 is 2.11 bits per heavy atom. The van der Waals surface area contributed by atoms with Crippen molar-refractivity contribution in [3.8, 4) is 11.8 Å². The molecule has 2 aromatic rings. The number of ether oxygens (including phenoxy) is 1. The average molecular weight is 239 g/mol. The second-order valence-corrected chi connectivity index (χ2v) is 3.60. The van der Waals surface area contributed by atoms with Crippen molar-refractivity contribution in [2.45, 2.75) is 6.92 Å². The number of hydrogen-bond donors (Lipinski definition) is 1. The average Bonchev–Trinajstić information content (AvgIpc) is 2.42. The molecule has 0 saturated carbocycles. The van der Waals surface area contributed by atoms with Crippen molar-refractivity contribution >= 4 is 11.4 Å². The highest BCUT2D eigenvalue weighted by atomic mass is 16.5. The number of para-hydroxylation sites is 2. The summed E-state index contributed by atoms with van der Waals surface area (Å²) >= 11 is 0. The van der Waals surface area contributed by atoms with Crippen molar-refractivity contribution in [1.29, 1.82) is 5.26 Å². The minimum Gasteiger partial charge on any atom is -0.492 e. The fraction of sp³-hybridized carbons (Fsp3) is 0.143. The predicted molar refractivity (Wildman–Crippen MR) is 69.8 cm³/mol. The van der Waals surface area contributed by atoms with Gasteiger partial charge in [-0.05, 0) is 31.2 Å². The molecule has 0 aliphatic heterocycles. The Labute approximate surface area is 106 Å². The second-order valence-electron chi connectivity index (χ2n) is 3.60. The van der Waals surface area contributed by atoms with E-state index >= 15 is 0 Å². The lowest BCUT2D eigenvalue weighted by atomic mass is 10.2. The number of pyridine rings is 1. The highest BCUT2D eigenvalue weighted by Gasteiger charge is 2.02. The van der Waals surface area contributed by atoms with Gasteiger partial charge in [-0.25, -0.2) is 4.98 Å². The molecule has 90 valence electrons. The molecular weight excluding hydrogens is 226 g/mol. The van der Waals surface area contributed by atoms with Crippen LogP contribution in [0.1, 0.15) is 12.6 Å². The van der Waals surface area contributed by atoms with Crippen LogP contribution in [0, 0.1) is 11.3 Å². The van der Waals surface area contributed by atoms with Gasteiger partial charge in [0.25, 0.3) is 0 Å². The van der Waals surface area contributed by atoms with Crippen LogP contribution in [-0.4, -0.2) is 11.6 Å². The van der Waals surface area contributed by atoms with Crippen molar-refractivity contribution in [1.82, 2.24) is 4.98 Å². The number of rotatable bonds is 4. The van der Waals surface area contributed by atoms with Crippen LogP contribution in [-0.2, 0) is 0 Å². The molecule has 4 heteroatoms. The molecular formula is C14H13N3O. The minimum atomic E-state index is 0.402. The Bertz CT molecular complexity index is 558. The zero-order valence-electron chi connectivity index (χ0n) is 10.1. The van der Waals surface area contributed by atoms with Crippen molar-refractivity contribution in [3.63, 3.8) is 0 Å². The fourth-order valence-electron chi connectivity index (χ4n) is 1.54. The molecule has 0 spiro atoms. The topological polar surface area (TPSA) is 57.9 Å². The zero-order chi connectivity index (χ0) is 12.8. The monoisotopic (exact) mass is 239 g/mol. The number of anilines is 2. The lowest BCUT2D eigenvalue weighted by Crippen LogP contribution is -1.98. The maximum Gasteiger partial charge on any atom is 0.142 e. The summed E-state index contributed by atoms with van der Waals surface area (Å²) < 4.78 is 5.52. The summed E-state index contributed by atoms with van der Waals surface area (Å²) in [4.78, 5) is 4.00. The van der Waals surface area contributed by atoms with E-state index in [0.29, 0.717) is 12.3 Å². The van der Waals surface area contributed by atoms with Gasteiger partial charge in [0, 0.05) is 0 Å². The van der Waals surface area contributed by atoms with Gasteiger partial charge in [-0.15, -0.1) is 0 Å². The fourth-order valence-corrected chi connectivity index (χ4v) is 1.54. The van der Waals surface area contributed by atoms with Crippen LogP contribution >= 0.6 is 0 Å². The summed E-state index contributed by atoms with van der Waals surface area (Å²) in [5.41, 5.74) is 2.10. The third-order valence-electron chi connectivity index (χ3n) is 2.34. The summed E-state index contributed by atoms with van der Waals surface area (Å²) in [5, 5.41) is 11.9. The molecule has 2 rings (SSSR count). The van der Waals surface area contributed by atoms with Crippen LogP contribution in [0.4, 0.5) is 11.4 Å². The molecule has 0 fully saturated rings. The lowest BCUT2D eigenvalue weighted by Gasteiger charge is -2.11. The Kier molecular flexibility index (Phi) is 3.77. The first kappa shape index (κ1) is 11.9. The molecule has 1 aromatic heterocycles. The molecule has 0 unspecified atom stereocenters. The van der Waals surface area contributed by atoms with Crippen molar-refractivity contribution in [2.75, 3.05) is 11.9 Å². The first-order chi connectivity index (χ1) is 8.83. The van der Waals surface area contributed by atoms with Crippen molar-refractivity contribution < 1.29 is 4.74 Å². The smallest absolute Gasteiger partial charge is 0.142 e. The van der Waals surface area contributed by atoms with Gasteiger partial charge in [0.2, 0.25) is 0 Å². The maximum absolute atomic E-state index is 8.68. The normalized spacial score (nSPS) is 9.56. The summed E-state index contributed by atoms with van der Waals surface area (Å²) in [6.45, 7) is 2.56. The molecule has 0 saturated heterocycles. The molecule has 1 N–H and O–H groups in total. The largest absolute Gasteiger partial charge is 0.492 e. The van der Waals surface area contributed by atoms with Gasteiger partial charge in [-0.2, -0.15) is 5.26 Å². The number of benzene rings is 1. The van der Waals surface area contributed by atoms with Gasteiger partial charge in [0.1, 0.15) is 17.5 Å². The maximum atomic E-state index is 8.68. The van der Waals surface area contributed by atoms with Crippen LogP contribution in [0.2, 0.25) is 0 Å². The van der Waals surface area contributed by atoms with E-state index in [1.807, 2.05) is 43.3 Å². The standard InChI is InChI=1S/C14H13N3O/c1-2-18-14-6-4-3-5-13(14)17-12-8-7-11(9-15)16-10-12/h3-8,10,17H,2H2,1H3. The van der Waals surface area contributed by atoms with Crippen LogP contribution in [0.25, 0.3) is 0 Å². The van der Waals surface area contributed by atoms with E-state index in [9.17, 15) is 0 Å². The first-order valence-electron chi connectivity index (χ1n) is 5.68. The lowest BCUT2D eigenvalue weighted by molar-refractivity contribution is 0.342. The quantitative estimate of drug-likeness (QED) is 0.890. The Hall–Kier alpha value is -2.54. The van der Waals surface area contributed by atoms with E-state index in [1.165, 1.54) is 0 Å². The van der Waals surface area contributed by atoms with E-state index < -0.39 is 0 Å². The van der Waals surface area contributed by atoms with Crippen LogP contribution in [0.3, 0.4) is 0 Å². The first-order valence-corrected chi connectivity index (χ1v) is 5.68. The summed E-state index contributed by atoms with van der Waals surface area (Å²) in [6.07, 6.45) is 1.63. The van der Waals surface area contributed by atoms with Crippen LogP contribution < -0.4 is 10.1 Å². The summed E-state index contributed by atoms with van der Waals surface area (Å²) in [5.74, 6) is 0.796. The molecule has 1 heterocycles. The number of nitrogens with one attached hydrogen (secondary N) is 1. The highest BCUT2D eigenvalue weighted by Crippen LogP contribution is 2.26. The van der Waals surface area contributed by atoms with Gasteiger partial charge in [0.05, 0.1) is 24.2 Å². The molecule has 0 aliphatic rings. The van der Waals surface area contributed by atoms with Crippen molar-refractivity contribution in [3.05, 3.63) is 48.3 Å². The van der Waals surface area contributed by atoms with E-state index in [4.69, 9.17) is 10.00 Å². The number of hydrogen-bond acceptors (Lipinski definition) is 4. The third-order valence-corrected chi connectivity index (χ3v) is 2.34. The van der Waals surface area contributed by atoms with Gasteiger partial charge >= 0.3 is 0 Å². The molecule has 0 atom stereocenters. The number of aromatic nitrogens is 1. The molecule has 18 heavy (non-hydrogen) atoms. The molecule has 4 nitrogen and oxygen atoms in total. The Balaban J connectivity index is 2.20. The van der Waals surface area contributed by atoms with Gasteiger partial charge in [-0.1, -0.05) is 12.1 Å². The summed E-state index contributed by atoms with van der Waals surface area (Å²) in [6, 6.07) is 13.2. The SMILES string of the molecule is CCOc1ccccc1Nc1ccc(C#N)nc1. The molecule has 0 bridgehead atoms. The number of nitriles is 1. The molecule has 0 aliphatic carbocycles. The van der Waals surface area contributed by atoms with Gasteiger partial charge < -0.3 is 10.1 Å². The van der Waals surface area contributed by atoms with Crippen LogP contribution in [0.15, 0.2) is 42.6 Å². The molecule has 0 amide bonds. The number of nitrogens with zero attached hydrogens (tertiary/aromatic N) is 2. The molecule has 0 radical (unpaired) electrons. The highest BCUT2D eigenvalue weighted by molar-refractivity contribution is 5.65. The Morgan fingerprint density at radius 1 is 1.28 bits per heavy atom. The van der Waals surface area contributed by atoms with E-state index in [-0.39, 0.29) is 0 Å². The summed E-state index contributed by atoms with van der Waals surface area (Å²) in [7, 11) is 0. The predicted octanol–water partition coefficient (Wildman–Crippen LogP) is 3.10. The Morgan fingerprint density at radius 3 is 2.78 bits per heavy atom.